The molecule has 0 bridgehead atoms. The first-order valence-electron chi connectivity index (χ1n) is 7.14. The number of allylic oxidation sites excluding steroid dienone is 1. The van der Waals surface area contributed by atoms with E-state index in [0.29, 0.717) is 6.04 Å². The average Bonchev–Trinajstić information content (AvgIpc) is 2.77. The number of phenolic OH excluding ortho intramolecular Hbond substituents is 1. The van der Waals surface area contributed by atoms with Crippen LogP contribution in [0.5, 0.6) is 5.75 Å². The Bertz CT molecular complexity index is 468. The zero-order valence-electron chi connectivity index (χ0n) is 11.2. The second-order valence-electron chi connectivity index (χ2n) is 5.99. The van der Waals surface area contributed by atoms with E-state index in [1.807, 2.05) is 0 Å². The Labute approximate surface area is 114 Å². The van der Waals surface area contributed by atoms with Crippen LogP contribution in [0, 0.1) is 11.8 Å². The van der Waals surface area contributed by atoms with Crippen molar-refractivity contribution < 1.29 is 15.5 Å². The Balaban J connectivity index is 1.59. The van der Waals surface area contributed by atoms with Gasteiger partial charge in [-0.25, -0.2) is 0 Å². The number of hydrogen-bond donors (Lipinski definition) is 3. The van der Waals surface area contributed by atoms with Gasteiger partial charge in [0.15, 0.2) is 0 Å². The molecule has 0 aromatic heterocycles. The standard InChI is InChI=1S/C16H21NO2/c1-10(16(19)11-5-7-13(18)8-6-11)17-15-9-12-3-2-4-14(12)15/h2,4-8,10,12,14-19H,3,9H2,1H3/p+1/t10-,12-,14+,15-,16-/m1/s1. The second kappa shape index (κ2) is 4.99. The molecule has 3 rings (SSSR count). The van der Waals surface area contributed by atoms with Crippen LogP contribution < -0.4 is 5.32 Å². The molecule has 0 spiro atoms. The molecule has 0 heterocycles. The predicted octanol–water partition coefficient (Wildman–Crippen LogP) is 1.34. The molecule has 19 heavy (non-hydrogen) atoms. The van der Waals surface area contributed by atoms with E-state index in [9.17, 15) is 10.2 Å². The van der Waals surface area contributed by atoms with Gasteiger partial charge >= 0.3 is 0 Å². The van der Waals surface area contributed by atoms with Gasteiger partial charge in [-0.1, -0.05) is 24.3 Å². The highest BCUT2D eigenvalue weighted by atomic mass is 16.3. The van der Waals surface area contributed by atoms with Crippen LogP contribution in [0.4, 0.5) is 0 Å². The van der Waals surface area contributed by atoms with Gasteiger partial charge in [-0.05, 0) is 37.0 Å². The van der Waals surface area contributed by atoms with Crippen LogP contribution in [0.3, 0.4) is 0 Å². The monoisotopic (exact) mass is 260 g/mol. The summed E-state index contributed by atoms with van der Waals surface area (Å²) in [6, 6.07) is 7.62. The molecule has 3 nitrogen and oxygen atoms in total. The molecular weight excluding hydrogens is 238 g/mol. The molecule has 4 N–H and O–H groups in total. The third-order valence-corrected chi connectivity index (χ3v) is 4.69. The molecule has 1 aromatic rings. The number of benzene rings is 1. The van der Waals surface area contributed by atoms with Crippen molar-refractivity contribution in [2.24, 2.45) is 11.8 Å². The lowest BCUT2D eigenvalue weighted by Crippen LogP contribution is -2.98. The number of fused-ring (bicyclic) bond motifs is 1. The largest absolute Gasteiger partial charge is 0.508 e. The fraction of sp³-hybridized carbons (Fsp3) is 0.500. The van der Waals surface area contributed by atoms with Crippen molar-refractivity contribution in [2.75, 3.05) is 0 Å². The number of aromatic hydroxyl groups is 1. The van der Waals surface area contributed by atoms with E-state index in [4.69, 9.17) is 0 Å². The van der Waals surface area contributed by atoms with Crippen LogP contribution in [0.15, 0.2) is 36.4 Å². The number of rotatable bonds is 4. The molecule has 0 radical (unpaired) electrons. The van der Waals surface area contributed by atoms with Crippen LogP contribution in [-0.4, -0.2) is 22.3 Å². The van der Waals surface area contributed by atoms with Crippen LogP contribution in [0.25, 0.3) is 0 Å². The van der Waals surface area contributed by atoms with E-state index in [1.165, 1.54) is 12.8 Å². The fourth-order valence-corrected chi connectivity index (χ4v) is 3.46. The number of aliphatic hydroxyl groups is 1. The SMILES string of the molecule is C[C@@H]([NH2+][C@@H]1C[C@H]2CC=C[C@@H]21)[C@@H](O)c1ccc(O)cc1. The molecule has 0 aliphatic heterocycles. The summed E-state index contributed by atoms with van der Waals surface area (Å²) in [5.74, 6) is 1.82. The van der Waals surface area contributed by atoms with E-state index < -0.39 is 6.10 Å². The number of hydrogen-bond acceptors (Lipinski definition) is 2. The lowest BCUT2D eigenvalue weighted by molar-refractivity contribution is -0.742. The highest BCUT2D eigenvalue weighted by Crippen LogP contribution is 2.41. The van der Waals surface area contributed by atoms with Crippen LogP contribution in [0.2, 0.25) is 0 Å². The van der Waals surface area contributed by atoms with E-state index in [0.717, 1.165) is 17.4 Å². The van der Waals surface area contributed by atoms with Gasteiger partial charge in [-0.2, -0.15) is 0 Å². The van der Waals surface area contributed by atoms with Crippen LogP contribution in [0.1, 0.15) is 31.4 Å². The molecule has 2 aliphatic carbocycles. The van der Waals surface area contributed by atoms with Gasteiger partial charge in [0.05, 0.1) is 6.04 Å². The lowest BCUT2D eigenvalue weighted by atomic mass is 9.71. The lowest BCUT2D eigenvalue weighted by Gasteiger charge is -2.39. The molecule has 0 unspecified atom stereocenters. The van der Waals surface area contributed by atoms with E-state index in [-0.39, 0.29) is 11.8 Å². The maximum Gasteiger partial charge on any atom is 0.130 e. The van der Waals surface area contributed by atoms with Crippen molar-refractivity contribution in [1.82, 2.24) is 0 Å². The summed E-state index contributed by atoms with van der Waals surface area (Å²) in [6.07, 6.45) is 6.66. The van der Waals surface area contributed by atoms with Crippen molar-refractivity contribution in [3.05, 3.63) is 42.0 Å². The molecule has 1 saturated carbocycles. The third-order valence-electron chi connectivity index (χ3n) is 4.69. The summed E-state index contributed by atoms with van der Waals surface area (Å²) in [7, 11) is 0. The summed E-state index contributed by atoms with van der Waals surface area (Å²) in [5.41, 5.74) is 0.874. The molecule has 1 fully saturated rings. The van der Waals surface area contributed by atoms with E-state index in [1.54, 1.807) is 24.3 Å². The third kappa shape index (κ3) is 2.40. The minimum Gasteiger partial charge on any atom is -0.508 e. The normalized spacial score (nSPS) is 31.6. The minimum atomic E-state index is -0.481. The Morgan fingerprint density at radius 1 is 1.26 bits per heavy atom. The fourth-order valence-electron chi connectivity index (χ4n) is 3.46. The summed E-state index contributed by atoms with van der Waals surface area (Å²) in [6.45, 7) is 2.07. The zero-order chi connectivity index (χ0) is 13.4. The average molecular weight is 260 g/mol. The van der Waals surface area contributed by atoms with Gasteiger partial charge in [-0.3, -0.25) is 0 Å². The highest BCUT2D eigenvalue weighted by molar-refractivity contribution is 5.27. The zero-order valence-corrected chi connectivity index (χ0v) is 11.2. The van der Waals surface area contributed by atoms with Gasteiger partial charge in [0.2, 0.25) is 0 Å². The van der Waals surface area contributed by atoms with Gasteiger partial charge < -0.3 is 15.5 Å². The maximum atomic E-state index is 10.4. The maximum absolute atomic E-state index is 10.4. The summed E-state index contributed by atoms with van der Waals surface area (Å²) in [5, 5.41) is 21.9. The quantitative estimate of drug-likeness (QED) is 0.716. The van der Waals surface area contributed by atoms with Gasteiger partial charge in [-0.15, -0.1) is 0 Å². The minimum absolute atomic E-state index is 0.143. The van der Waals surface area contributed by atoms with Crippen LogP contribution in [-0.2, 0) is 0 Å². The molecular formula is C16H22NO2+. The highest BCUT2D eigenvalue weighted by Gasteiger charge is 2.45. The summed E-state index contributed by atoms with van der Waals surface area (Å²) in [4.78, 5) is 0. The summed E-state index contributed by atoms with van der Waals surface area (Å²) < 4.78 is 0. The topological polar surface area (TPSA) is 57.1 Å². The first kappa shape index (κ1) is 12.7. The number of phenols is 1. The molecule has 2 aliphatic rings. The number of aliphatic hydroxyl groups excluding tert-OH is 1. The molecule has 102 valence electrons. The number of nitrogens with two attached hydrogens (primary N) is 1. The predicted molar refractivity (Wildman–Crippen MR) is 73.6 cm³/mol. The van der Waals surface area contributed by atoms with E-state index >= 15 is 0 Å². The van der Waals surface area contributed by atoms with Gasteiger partial charge in [0.25, 0.3) is 0 Å². The van der Waals surface area contributed by atoms with Gasteiger partial charge in [0.1, 0.15) is 17.9 Å². The smallest absolute Gasteiger partial charge is 0.130 e. The van der Waals surface area contributed by atoms with E-state index in [2.05, 4.69) is 24.4 Å². The number of quaternary nitrogens is 1. The molecule has 1 aromatic carbocycles. The molecule has 3 heteroatoms. The van der Waals surface area contributed by atoms with Crippen molar-refractivity contribution in [3.63, 3.8) is 0 Å². The molecule has 0 amide bonds. The molecule has 5 atom stereocenters. The first-order valence-corrected chi connectivity index (χ1v) is 7.14. The summed E-state index contributed by atoms with van der Waals surface area (Å²) >= 11 is 0. The van der Waals surface area contributed by atoms with Crippen molar-refractivity contribution in [1.29, 1.82) is 0 Å². The second-order valence-corrected chi connectivity index (χ2v) is 5.99. The Morgan fingerprint density at radius 2 is 2.00 bits per heavy atom. The first-order chi connectivity index (χ1) is 9.15. The van der Waals surface area contributed by atoms with Crippen LogP contribution >= 0.6 is 0 Å². The molecule has 0 saturated heterocycles. The van der Waals surface area contributed by atoms with Crippen molar-refractivity contribution in [3.8, 4) is 5.75 Å². The van der Waals surface area contributed by atoms with Crippen molar-refractivity contribution >= 4 is 0 Å². The Hall–Kier alpha value is -1.32. The Kier molecular flexibility index (Phi) is 3.33. The Morgan fingerprint density at radius 3 is 2.68 bits per heavy atom. The van der Waals surface area contributed by atoms with Gasteiger partial charge in [0, 0.05) is 12.3 Å². The van der Waals surface area contributed by atoms with Crippen molar-refractivity contribution in [2.45, 2.75) is 38.0 Å².